The third kappa shape index (κ3) is 4.01. The van der Waals surface area contributed by atoms with E-state index in [0.717, 1.165) is 11.3 Å². The van der Waals surface area contributed by atoms with Crippen molar-refractivity contribution in [1.82, 2.24) is 0 Å². The molecule has 0 unspecified atom stereocenters. The van der Waals surface area contributed by atoms with Crippen molar-refractivity contribution in [1.29, 1.82) is 0 Å². The molecule has 5 heteroatoms. The standard InChI is InChI=1S/C15H17BO4/c1-12-11-14(7-8-15(12)16(17)18)20-10-9-19-13-5-3-2-4-6-13/h2-8,11,17-18H,9-10H2,1H3. The van der Waals surface area contributed by atoms with Crippen molar-refractivity contribution >= 4 is 12.6 Å². The van der Waals surface area contributed by atoms with Gasteiger partial charge in [0.15, 0.2) is 0 Å². The van der Waals surface area contributed by atoms with Gasteiger partial charge in [0.2, 0.25) is 0 Å². The van der Waals surface area contributed by atoms with Crippen LogP contribution in [0.1, 0.15) is 5.56 Å². The summed E-state index contributed by atoms with van der Waals surface area (Å²) in [7, 11) is -1.45. The van der Waals surface area contributed by atoms with Crippen molar-refractivity contribution in [2.24, 2.45) is 0 Å². The lowest BCUT2D eigenvalue weighted by Gasteiger charge is -2.10. The van der Waals surface area contributed by atoms with Crippen LogP contribution in [0.25, 0.3) is 0 Å². The first-order valence-electron chi connectivity index (χ1n) is 6.44. The highest BCUT2D eigenvalue weighted by molar-refractivity contribution is 6.59. The van der Waals surface area contributed by atoms with E-state index in [4.69, 9.17) is 19.5 Å². The molecule has 0 amide bonds. The smallest absolute Gasteiger partial charge is 0.488 e. The maximum Gasteiger partial charge on any atom is 0.488 e. The first-order valence-corrected chi connectivity index (χ1v) is 6.44. The molecular weight excluding hydrogens is 255 g/mol. The first-order chi connectivity index (χ1) is 9.66. The average Bonchev–Trinajstić information content (AvgIpc) is 2.44. The van der Waals surface area contributed by atoms with Crippen LogP contribution in [0.2, 0.25) is 0 Å². The predicted molar refractivity (Wildman–Crippen MR) is 78.4 cm³/mol. The van der Waals surface area contributed by atoms with Crippen molar-refractivity contribution in [3.05, 3.63) is 54.1 Å². The molecule has 4 nitrogen and oxygen atoms in total. The van der Waals surface area contributed by atoms with Crippen molar-refractivity contribution in [3.63, 3.8) is 0 Å². The van der Waals surface area contributed by atoms with Gasteiger partial charge < -0.3 is 19.5 Å². The highest BCUT2D eigenvalue weighted by Gasteiger charge is 2.13. The number of para-hydroxylation sites is 1. The van der Waals surface area contributed by atoms with E-state index in [0.29, 0.717) is 24.4 Å². The molecule has 0 saturated carbocycles. The van der Waals surface area contributed by atoms with E-state index in [1.165, 1.54) is 0 Å². The SMILES string of the molecule is Cc1cc(OCCOc2ccccc2)ccc1B(O)O. The number of rotatable bonds is 6. The van der Waals surface area contributed by atoms with E-state index >= 15 is 0 Å². The summed E-state index contributed by atoms with van der Waals surface area (Å²) in [6.45, 7) is 2.69. The van der Waals surface area contributed by atoms with Crippen LogP contribution in [0.15, 0.2) is 48.5 Å². The summed E-state index contributed by atoms with van der Waals surface area (Å²) in [6.07, 6.45) is 0. The molecule has 2 N–H and O–H groups in total. The molecule has 20 heavy (non-hydrogen) atoms. The van der Waals surface area contributed by atoms with Gasteiger partial charge in [-0.05, 0) is 42.2 Å². The topological polar surface area (TPSA) is 58.9 Å². The summed E-state index contributed by atoms with van der Waals surface area (Å²) < 4.78 is 11.1. The van der Waals surface area contributed by atoms with E-state index < -0.39 is 7.12 Å². The minimum atomic E-state index is -1.45. The number of ether oxygens (including phenoxy) is 2. The second-order valence-corrected chi connectivity index (χ2v) is 4.40. The fourth-order valence-corrected chi connectivity index (χ4v) is 1.86. The van der Waals surface area contributed by atoms with Gasteiger partial charge >= 0.3 is 7.12 Å². The normalized spacial score (nSPS) is 10.2. The molecule has 0 radical (unpaired) electrons. The Balaban J connectivity index is 1.81. The van der Waals surface area contributed by atoms with Gasteiger partial charge in [-0.15, -0.1) is 0 Å². The molecule has 0 aliphatic heterocycles. The molecule has 0 aliphatic rings. The van der Waals surface area contributed by atoms with E-state index in [-0.39, 0.29) is 0 Å². The lowest BCUT2D eigenvalue weighted by atomic mass is 9.77. The van der Waals surface area contributed by atoms with Crippen molar-refractivity contribution in [3.8, 4) is 11.5 Å². The van der Waals surface area contributed by atoms with Crippen LogP contribution >= 0.6 is 0 Å². The van der Waals surface area contributed by atoms with Gasteiger partial charge in [-0.25, -0.2) is 0 Å². The Hall–Kier alpha value is -1.98. The summed E-state index contributed by atoms with van der Waals surface area (Å²) in [4.78, 5) is 0. The summed E-state index contributed by atoms with van der Waals surface area (Å²) in [5.74, 6) is 1.49. The quantitative estimate of drug-likeness (QED) is 0.611. The molecule has 0 heterocycles. The second kappa shape index (κ2) is 6.98. The fraction of sp³-hybridized carbons (Fsp3) is 0.200. The Morgan fingerprint density at radius 2 is 1.55 bits per heavy atom. The molecule has 0 fully saturated rings. The zero-order chi connectivity index (χ0) is 14.4. The van der Waals surface area contributed by atoms with Crippen molar-refractivity contribution in [2.45, 2.75) is 6.92 Å². The van der Waals surface area contributed by atoms with Gasteiger partial charge in [0.25, 0.3) is 0 Å². The Morgan fingerprint density at radius 3 is 2.15 bits per heavy atom. The molecule has 0 aliphatic carbocycles. The fourth-order valence-electron chi connectivity index (χ4n) is 1.86. The maximum atomic E-state index is 9.13. The predicted octanol–water partition coefficient (Wildman–Crippen LogP) is 1.13. The molecule has 0 bridgehead atoms. The van der Waals surface area contributed by atoms with Crippen LogP contribution in [0.4, 0.5) is 0 Å². The maximum absolute atomic E-state index is 9.13. The summed E-state index contributed by atoms with van der Waals surface area (Å²) in [5.41, 5.74) is 1.26. The second-order valence-electron chi connectivity index (χ2n) is 4.40. The molecule has 2 aromatic rings. The van der Waals surface area contributed by atoms with E-state index in [9.17, 15) is 0 Å². The minimum Gasteiger partial charge on any atom is -0.490 e. The summed E-state index contributed by atoms with van der Waals surface area (Å²) >= 11 is 0. The zero-order valence-electron chi connectivity index (χ0n) is 11.3. The van der Waals surface area contributed by atoms with Crippen molar-refractivity contribution in [2.75, 3.05) is 13.2 Å². The monoisotopic (exact) mass is 272 g/mol. The van der Waals surface area contributed by atoms with Gasteiger partial charge in [0.05, 0.1) is 0 Å². The lowest BCUT2D eigenvalue weighted by molar-refractivity contribution is 0.217. The number of benzene rings is 2. The largest absolute Gasteiger partial charge is 0.490 e. The van der Waals surface area contributed by atoms with Crippen LogP contribution in [-0.2, 0) is 0 Å². The van der Waals surface area contributed by atoms with E-state index in [2.05, 4.69) is 0 Å². The van der Waals surface area contributed by atoms with Crippen LogP contribution < -0.4 is 14.9 Å². The highest BCUT2D eigenvalue weighted by Crippen LogP contribution is 2.12. The van der Waals surface area contributed by atoms with Gasteiger partial charge in [-0.3, -0.25) is 0 Å². The first kappa shape index (κ1) is 14.4. The molecule has 2 aromatic carbocycles. The van der Waals surface area contributed by atoms with Crippen molar-refractivity contribution < 1.29 is 19.5 Å². The molecular formula is C15H17BO4. The van der Waals surface area contributed by atoms with Crippen LogP contribution in [0, 0.1) is 6.92 Å². The highest BCUT2D eigenvalue weighted by atomic mass is 16.5. The lowest BCUT2D eigenvalue weighted by Crippen LogP contribution is -2.31. The van der Waals surface area contributed by atoms with Gasteiger partial charge in [-0.2, -0.15) is 0 Å². The summed E-state index contributed by atoms with van der Waals surface area (Å²) in [6, 6.07) is 14.7. The third-order valence-electron chi connectivity index (χ3n) is 2.88. The van der Waals surface area contributed by atoms with E-state index in [1.54, 1.807) is 18.2 Å². The molecule has 0 saturated heterocycles. The zero-order valence-corrected chi connectivity index (χ0v) is 11.3. The van der Waals surface area contributed by atoms with Crippen LogP contribution in [0.5, 0.6) is 11.5 Å². The van der Waals surface area contributed by atoms with Crippen LogP contribution in [-0.4, -0.2) is 30.4 Å². The average molecular weight is 272 g/mol. The number of hydrogen-bond donors (Lipinski definition) is 2. The number of hydrogen-bond acceptors (Lipinski definition) is 4. The molecule has 0 atom stereocenters. The Bertz CT molecular complexity index is 543. The molecule has 0 aromatic heterocycles. The Kier molecular flexibility index (Phi) is 5.04. The minimum absolute atomic E-state index is 0.426. The van der Waals surface area contributed by atoms with Crippen LogP contribution in [0.3, 0.4) is 0 Å². The Labute approximate surface area is 118 Å². The van der Waals surface area contributed by atoms with Gasteiger partial charge in [0.1, 0.15) is 24.7 Å². The molecule has 0 spiro atoms. The molecule has 104 valence electrons. The molecule has 2 rings (SSSR count). The van der Waals surface area contributed by atoms with E-state index in [1.807, 2.05) is 37.3 Å². The Morgan fingerprint density at radius 1 is 0.900 bits per heavy atom. The summed E-state index contributed by atoms with van der Waals surface area (Å²) in [5, 5.41) is 18.3. The van der Waals surface area contributed by atoms with Gasteiger partial charge in [0, 0.05) is 0 Å². The van der Waals surface area contributed by atoms with Gasteiger partial charge in [-0.1, -0.05) is 24.3 Å². The number of aryl methyl sites for hydroxylation is 1. The third-order valence-corrected chi connectivity index (χ3v) is 2.88.